The SMILES string of the molecule is CCc1c(C(C)(C)C)nn(-c2c(C)c(C)c(C)c(C)c2C)c1OC. The fourth-order valence-electron chi connectivity index (χ4n) is 3.52. The van der Waals surface area contributed by atoms with Gasteiger partial charge in [-0.15, -0.1) is 0 Å². The molecule has 1 aromatic carbocycles. The second-order valence-corrected chi connectivity index (χ2v) is 7.83. The second-order valence-electron chi connectivity index (χ2n) is 7.83. The first kappa shape index (κ1) is 18.6. The number of rotatable bonds is 3. The molecule has 1 aromatic heterocycles. The standard InChI is InChI=1S/C21H32N2O/c1-11-17-19(21(7,8)9)22-23(20(17)24-10)18-15(5)13(3)12(2)14(4)16(18)6/h11H2,1-10H3. The molecule has 0 radical (unpaired) electrons. The van der Waals surface area contributed by atoms with Crippen molar-refractivity contribution in [1.82, 2.24) is 9.78 Å². The fraction of sp³-hybridized carbons (Fsp3) is 0.571. The smallest absolute Gasteiger partial charge is 0.219 e. The number of ether oxygens (including phenoxy) is 1. The molecule has 2 aromatic rings. The molecule has 132 valence electrons. The minimum absolute atomic E-state index is 0.0134. The molecule has 1 heterocycles. The summed E-state index contributed by atoms with van der Waals surface area (Å²) in [6, 6.07) is 0. The van der Waals surface area contributed by atoms with Crippen LogP contribution in [0.3, 0.4) is 0 Å². The normalized spacial score (nSPS) is 11.9. The van der Waals surface area contributed by atoms with E-state index in [0.717, 1.165) is 23.7 Å². The van der Waals surface area contributed by atoms with Gasteiger partial charge in [-0.1, -0.05) is 27.7 Å². The zero-order valence-electron chi connectivity index (χ0n) is 17.0. The van der Waals surface area contributed by atoms with Crippen LogP contribution >= 0.6 is 0 Å². The highest BCUT2D eigenvalue weighted by molar-refractivity contribution is 5.59. The summed E-state index contributed by atoms with van der Waals surface area (Å²) in [5.74, 6) is 0.872. The summed E-state index contributed by atoms with van der Waals surface area (Å²) >= 11 is 0. The summed E-state index contributed by atoms with van der Waals surface area (Å²) in [4.78, 5) is 0. The van der Waals surface area contributed by atoms with E-state index in [1.54, 1.807) is 7.11 Å². The Morgan fingerprint density at radius 1 is 0.875 bits per heavy atom. The molecule has 0 aliphatic heterocycles. The van der Waals surface area contributed by atoms with Crippen LogP contribution < -0.4 is 4.74 Å². The van der Waals surface area contributed by atoms with Crippen LogP contribution in [0, 0.1) is 34.6 Å². The van der Waals surface area contributed by atoms with Gasteiger partial charge in [-0.05, 0) is 68.9 Å². The predicted molar refractivity (Wildman–Crippen MR) is 102 cm³/mol. The molecule has 0 saturated heterocycles. The van der Waals surface area contributed by atoms with Gasteiger partial charge in [0.05, 0.1) is 18.5 Å². The first-order valence-electron chi connectivity index (χ1n) is 8.79. The summed E-state index contributed by atoms with van der Waals surface area (Å²) in [6.07, 6.45) is 0.914. The maximum atomic E-state index is 5.82. The predicted octanol–water partition coefficient (Wildman–Crippen LogP) is 5.28. The van der Waals surface area contributed by atoms with Crippen LogP contribution in [0.4, 0.5) is 0 Å². The maximum Gasteiger partial charge on any atom is 0.219 e. The number of aromatic nitrogens is 2. The lowest BCUT2D eigenvalue weighted by atomic mass is 9.89. The van der Waals surface area contributed by atoms with E-state index in [1.165, 1.54) is 33.4 Å². The lowest BCUT2D eigenvalue weighted by molar-refractivity contribution is 0.379. The number of hydrogen-bond donors (Lipinski definition) is 0. The molecule has 0 aliphatic carbocycles. The fourth-order valence-corrected chi connectivity index (χ4v) is 3.52. The van der Waals surface area contributed by atoms with Crippen molar-refractivity contribution in [2.45, 2.75) is 74.1 Å². The molecule has 0 aliphatic rings. The quantitative estimate of drug-likeness (QED) is 0.766. The Bertz CT molecular complexity index is 747. The highest BCUT2D eigenvalue weighted by atomic mass is 16.5. The highest BCUT2D eigenvalue weighted by Crippen LogP contribution is 2.37. The third-order valence-electron chi connectivity index (χ3n) is 5.37. The molecule has 0 saturated carbocycles. The maximum absolute atomic E-state index is 5.82. The first-order valence-corrected chi connectivity index (χ1v) is 8.79. The molecule has 3 heteroatoms. The van der Waals surface area contributed by atoms with E-state index in [-0.39, 0.29) is 5.41 Å². The van der Waals surface area contributed by atoms with Gasteiger partial charge in [-0.2, -0.15) is 5.10 Å². The van der Waals surface area contributed by atoms with E-state index >= 15 is 0 Å². The van der Waals surface area contributed by atoms with Crippen LogP contribution in [0.15, 0.2) is 0 Å². The molecule has 0 fully saturated rings. The van der Waals surface area contributed by atoms with E-state index in [0.29, 0.717) is 0 Å². The summed E-state index contributed by atoms with van der Waals surface area (Å²) in [7, 11) is 1.75. The third-order valence-corrected chi connectivity index (χ3v) is 5.37. The van der Waals surface area contributed by atoms with Crippen LogP contribution in [0.2, 0.25) is 0 Å². The largest absolute Gasteiger partial charge is 0.481 e. The molecule has 0 unspecified atom stereocenters. The summed E-state index contributed by atoms with van der Waals surface area (Å²) in [5.41, 5.74) is 10.1. The average molecular weight is 329 g/mol. The molecule has 0 bridgehead atoms. The van der Waals surface area contributed by atoms with Crippen molar-refractivity contribution in [2.75, 3.05) is 7.11 Å². The van der Waals surface area contributed by atoms with Crippen molar-refractivity contribution in [2.24, 2.45) is 0 Å². The van der Waals surface area contributed by atoms with E-state index in [1.807, 2.05) is 4.68 Å². The van der Waals surface area contributed by atoms with Crippen LogP contribution in [0.5, 0.6) is 5.88 Å². The lowest BCUT2D eigenvalue weighted by Crippen LogP contribution is -2.15. The molecule has 0 amide bonds. The van der Waals surface area contributed by atoms with Gasteiger partial charge in [0.1, 0.15) is 0 Å². The van der Waals surface area contributed by atoms with Crippen LogP contribution in [-0.2, 0) is 11.8 Å². The number of nitrogens with zero attached hydrogens (tertiary/aromatic N) is 2. The zero-order valence-corrected chi connectivity index (χ0v) is 17.0. The van der Waals surface area contributed by atoms with Crippen molar-refractivity contribution < 1.29 is 4.74 Å². The van der Waals surface area contributed by atoms with Crippen molar-refractivity contribution in [3.05, 3.63) is 39.1 Å². The monoisotopic (exact) mass is 328 g/mol. The van der Waals surface area contributed by atoms with Crippen molar-refractivity contribution in [3.63, 3.8) is 0 Å². The number of benzene rings is 1. The van der Waals surface area contributed by atoms with Gasteiger partial charge < -0.3 is 4.74 Å². The van der Waals surface area contributed by atoms with E-state index in [9.17, 15) is 0 Å². The molecule has 24 heavy (non-hydrogen) atoms. The molecule has 2 rings (SSSR count). The average Bonchev–Trinajstić information content (AvgIpc) is 2.89. The summed E-state index contributed by atoms with van der Waals surface area (Å²) < 4.78 is 7.85. The molecule has 3 nitrogen and oxygen atoms in total. The molecular weight excluding hydrogens is 296 g/mol. The Labute approximate surface area is 147 Å². The van der Waals surface area contributed by atoms with Gasteiger partial charge in [0.15, 0.2) is 0 Å². The Morgan fingerprint density at radius 3 is 1.71 bits per heavy atom. The van der Waals surface area contributed by atoms with Crippen LogP contribution in [0.25, 0.3) is 5.69 Å². The van der Waals surface area contributed by atoms with E-state index in [2.05, 4.69) is 62.3 Å². The number of hydrogen-bond acceptors (Lipinski definition) is 2. The Hall–Kier alpha value is -1.77. The topological polar surface area (TPSA) is 27.1 Å². The van der Waals surface area contributed by atoms with Crippen LogP contribution in [-0.4, -0.2) is 16.9 Å². The summed E-state index contributed by atoms with van der Waals surface area (Å²) in [6.45, 7) is 19.8. The zero-order chi connectivity index (χ0) is 18.4. The van der Waals surface area contributed by atoms with Gasteiger partial charge in [-0.3, -0.25) is 0 Å². The lowest BCUT2D eigenvalue weighted by Gasteiger charge is -2.20. The van der Waals surface area contributed by atoms with Gasteiger partial charge >= 0.3 is 0 Å². The molecule has 0 spiro atoms. The highest BCUT2D eigenvalue weighted by Gasteiger charge is 2.28. The molecule has 0 atom stereocenters. The van der Waals surface area contributed by atoms with Crippen molar-refractivity contribution in [3.8, 4) is 11.6 Å². The Kier molecular flexibility index (Phi) is 4.85. The van der Waals surface area contributed by atoms with Gasteiger partial charge in [0, 0.05) is 11.0 Å². The minimum atomic E-state index is -0.0134. The van der Waals surface area contributed by atoms with Crippen molar-refractivity contribution >= 4 is 0 Å². The Balaban J connectivity index is 2.91. The van der Waals surface area contributed by atoms with Crippen LogP contribution in [0.1, 0.15) is 66.8 Å². The second kappa shape index (κ2) is 6.27. The van der Waals surface area contributed by atoms with Gasteiger partial charge in [-0.25, -0.2) is 4.68 Å². The van der Waals surface area contributed by atoms with Gasteiger partial charge in [0.25, 0.3) is 0 Å². The van der Waals surface area contributed by atoms with Crippen molar-refractivity contribution in [1.29, 1.82) is 0 Å². The first-order chi connectivity index (χ1) is 11.1. The summed E-state index contributed by atoms with van der Waals surface area (Å²) in [5, 5.41) is 5.02. The third kappa shape index (κ3) is 2.74. The molecular formula is C21H32N2O. The van der Waals surface area contributed by atoms with Gasteiger partial charge in [0.2, 0.25) is 5.88 Å². The van der Waals surface area contributed by atoms with E-state index < -0.39 is 0 Å². The molecule has 0 N–H and O–H groups in total. The number of methoxy groups -OCH3 is 1. The minimum Gasteiger partial charge on any atom is -0.481 e. The Morgan fingerprint density at radius 2 is 1.33 bits per heavy atom. The van der Waals surface area contributed by atoms with E-state index in [4.69, 9.17) is 9.84 Å².